The second-order valence-corrected chi connectivity index (χ2v) is 25.6. The third-order valence-electron chi connectivity index (χ3n) is 17.1. The van der Waals surface area contributed by atoms with Crippen LogP contribution >= 0.6 is 0 Å². The van der Waals surface area contributed by atoms with Crippen LogP contribution in [0.1, 0.15) is 419 Å². The SMILES string of the molecule is CCCCCCCC/C=C\CCCCCCCCCCCC(=O)OCC(COC(=O)CCCCCCCCCCCCCCC/C=C\CCCCCCCCCC)OC(=O)CCCCCCCCCCC/C=C\CCCCCCCCCC. The van der Waals surface area contributed by atoms with Crippen LogP contribution in [0.2, 0.25) is 0 Å². The quantitative estimate of drug-likeness (QED) is 0.0261. The zero-order chi connectivity index (χ0) is 59.9. The first-order chi connectivity index (χ1) is 41.0. The third-order valence-corrected chi connectivity index (χ3v) is 17.1. The zero-order valence-corrected chi connectivity index (χ0v) is 56.2. The Morgan fingerprint density at radius 2 is 0.398 bits per heavy atom. The van der Waals surface area contributed by atoms with Crippen molar-refractivity contribution in [3.05, 3.63) is 36.5 Å². The Labute approximate surface area is 518 Å². The van der Waals surface area contributed by atoms with Gasteiger partial charge in [-0.1, -0.05) is 340 Å². The number of hydrogen-bond acceptors (Lipinski definition) is 6. The fraction of sp³-hybridized carbons (Fsp3) is 0.883. The fourth-order valence-electron chi connectivity index (χ4n) is 11.4. The largest absolute Gasteiger partial charge is 0.462 e. The Balaban J connectivity index is 4.30. The molecule has 0 radical (unpaired) electrons. The van der Waals surface area contributed by atoms with Crippen molar-refractivity contribution >= 4 is 17.9 Å². The van der Waals surface area contributed by atoms with Gasteiger partial charge in [0.1, 0.15) is 13.2 Å². The molecule has 0 aliphatic rings. The highest BCUT2D eigenvalue weighted by Gasteiger charge is 2.20. The number of unbranched alkanes of at least 4 members (excludes halogenated alkanes) is 53. The lowest BCUT2D eigenvalue weighted by Crippen LogP contribution is -2.30. The molecule has 0 aromatic carbocycles. The number of carbonyl (C=O) groups excluding carboxylic acids is 3. The van der Waals surface area contributed by atoms with E-state index in [-0.39, 0.29) is 31.1 Å². The van der Waals surface area contributed by atoms with Crippen LogP contribution in [0.4, 0.5) is 0 Å². The molecule has 0 spiro atoms. The lowest BCUT2D eigenvalue weighted by Gasteiger charge is -2.18. The monoisotopic (exact) mass is 1170 g/mol. The smallest absolute Gasteiger partial charge is 0.306 e. The third kappa shape index (κ3) is 70.3. The second kappa shape index (κ2) is 72.1. The zero-order valence-electron chi connectivity index (χ0n) is 56.2. The van der Waals surface area contributed by atoms with Gasteiger partial charge in [-0.15, -0.1) is 0 Å². The van der Waals surface area contributed by atoms with Crippen LogP contribution in [-0.2, 0) is 28.6 Å². The van der Waals surface area contributed by atoms with Crippen molar-refractivity contribution < 1.29 is 28.6 Å². The minimum atomic E-state index is -0.775. The fourth-order valence-corrected chi connectivity index (χ4v) is 11.4. The highest BCUT2D eigenvalue weighted by atomic mass is 16.6. The number of carbonyl (C=O) groups is 3. The second-order valence-electron chi connectivity index (χ2n) is 25.6. The summed E-state index contributed by atoms with van der Waals surface area (Å²) in [5.74, 6) is -0.842. The Morgan fingerprint density at radius 3 is 0.602 bits per heavy atom. The van der Waals surface area contributed by atoms with Crippen LogP contribution in [0.25, 0.3) is 0 Å². The van der Waals surface area contributed by atoms with Gasteiger partial charge in [0.05, 0.1) is 0 Å². The topological polar surface area (TPSA) is 78.9 Å². The first-order valence-corrected chi connectivity index (χ1v) is 37.5. The lowest BCUT2D eigenvalue weighted by atomic mass is 10.0. The molecule has 0 aliphatic heterocycles. The summed E-state index contributed by atoms with van der Waals surface area (Å²) in [6.07, 6.45) is 90.4. The number of esters is 3. The molecular formula is C77H144O6. The highest BCUT2D eigenvalue weighted by Crippen LogP contribution is 2.18. The minimum absolute atomic E-state index is 0.0693. The van der Waals surface area contributed by atoms with Crippen LogP contribution in [0.3, 0.4) is 0 Å². The number of rotatable bonds is 70. The maximum Gasteiger partial charge on any atom is 0.306 e. The van der Waals surface area contributed by atoms with E-state index in [9.17, 15) is 14.4 Å². The van der Waals surface area contributed by atoms with Crippen LogP contribution in [-0.4, -0.2) is 37.2 Å². The van der Waals surface area contributed by atoms with Crippen molar-refractivity contribution in [1.29, 1.82) is 0 Å². The summed E-state index contributed by atoms with van der Waals surface area (Å²) in [4.78, 5) is 38.6. The standard InChI is InChI=1S/C77H144O6/c1-4-7-10-13-16-19-22-25-28-31-34-36-37-38-39-41-43-46-49-52-55-58-61-64-67-70-76(79)82-73-74(72-81-75(78)69-66-63-60-57-54-51-48-45-42-33-30-27-24-21-18-15-12-9-6-3)83-77(80)71-68-65-62-59-56-53-50-47-44-40-35-32-29-26-23-20-17-14-11-8-5-2/h27,30-32,34-35,74H,4-26,28-29,33,36-73H2,1-3H3/b30-27-,34-31-,35-32-. The van der Waals surface area contributed by atoms with Gasteiger partial charge < -0.3 is 14.2 Å². The average molecular weight is 1170 g/mol. The van der Waals surface area contributed by atoms with E-state index >= 15 is 0 Å². The van der Waals surface area contributed by atoms with E-state index in [1.807, 2.05) is 0 Å². The number of ether oxygens (including phenoxy) is 3. The first-order valence-electron chi connectivity index (χ1n) is 37.5. The van der Waals surface area contributed by atoms with Gasteiger partial charge in [0.2, 0.25) is 0 Å². The van der Waals surface area contributed by atoms with Crippen LogP contribution in [0, 0.1) is 0 Å². The van der Waals surface area contributed by atoms with Gasteiger partial charge in [0.25, 0.3) is 0 Å². The first kappa shape index (κ1) is 80.6. The molecule has 0 saturated carbocycles. The van der Waals surface area contributed by atoms with E-state index in [1.54, 1.807) is 0 Å². The van der Waals surface area contributed by atoms with E-state index < -0.39 is 6.10 Å². The number of allylic oxidation sites excluding steroid dienone is 6. The Hall–Kier alpha value is -2.37. The van der Waals surface area contributed by atoms with E-state index in [0.29, 0.717) is 19.3 Å². The van der Waals surface area contributed by atoms with E-state index in [1.165, 1.54) is 321 Å². The maximum atomic E-state index is 13.0. The molecule has 0 saturated heterocycles. The van der Waals surface area contributed by atoms with Gasteiger partial charge >= 0.3 is 17.9 Å². The Morgan fingerprint density at radius 1 is 0.229 bits per heavy atom. The van der Waals surface area contributed by atoms with Gasteiger partial charge in [0, 0.05) is 19.3 Å². The maximum absolute atomic E-state index is 13.0. The van der Waals surface area contributed by atoms with Crippen molar-refractivity contribution in [2.75, 3.05) is 13.2 Å². The molecule has 6 nitrogen and oxygen atoms in total. The summed E-state index contributed by atoms with van der Waals surface area (Å²) < 4.78 is 17.0. The van der Waals surface area contributed by atoms with Crippen molar-refractivity contribution in [2.45, 2.75) is 425 Å². The van der Waals surface area contributed by atoms with Crippen molar-refractivity contribution in [1.82, 2.24) is 0 Å². The summed E-state index contributed by atoms with van der Waals surface area (Å²) in [5.41, 5.74) is 0. The molecule has 83 heavy (non-hydrogen) atoms. The van der Waals surface area contributed by atoms with Crippen molar-refractivity contribution in [2.24, 2.45) is 0 Å². The molecule has 0 aromatic rings. The van der Waals surface area contributed by atoms with Crippen molar-refractivity contribution in [3.8, 4) is 0 Å². The van der Waals surface area contributed by atoms with E-state index in [4.69, 9.17) is 14.2 Å². The summed E-state index contributed by atoms with van der Waals surface area (Å²) in [6, 6.07) is 0. The van der Waals surface area contributed by atoms with Crippen LogP contribution < -0.4 is 0 Å². The Kier molecular flexibility index (Phi) is 70.0. The predicted octanol–water partition coefficient (Wildman–Crippen LogP) is 25.9. The lowest BCUT2D eigenvalue weighted by molar-refractivity contribution is -0.167. The molecule has 0 bridgehead atoms. The number of hydrogen-bond donors (Lipinski definition) is 0. The molecule has 1 atom stereocenters. The van der Waals surface area contributed by atoms with Crippen LogP contribution in [0.5, 0.6) is 0 Å². The molecule has 0 N–H and O–H groups in total. The predicted molar refractivity (Wildman–Crippen MR) is 362 cm³/mol. The molecule has 0 aromatic heterocycles. The molecule has 0 aliphatic carbocycles. The summed E-state index contributed by atoms with van der Waals surface area (Å²) in [7, 11) is 0. The molecular weight excluding hydrogens is 1020 g/mol. The highest BCUT2D eigenvalue weighted by molar-refractivity contribution is 5.71. The Bertz CT molecular complexity index is 1380. The molecule has 0 rings (SSSR count). The van der Waals surface area contributed by atoms with Gasteiger partial charge in [-0.3, -0.25) is 14.4 Å². The summed E-state index contributed by atoms with van der Waals surface area (Å²) in [6.45, 7) is 6.72. The molecule has 0 fully saturated rings. The van der Waals surface area contributed by atoms with E-state index in [0.717, 1.165) is 57.8 Å². The van der Waals surface area contributed by atoms with Gasteiger partial charge in [-0.2, -0.15) is 0 Å². The molecule has 0 amide bonds. The molecule has 488 valence electrons. The van der Waals surface area contributed by atoms with Gasteiger partial charge in [-0.05, 0) is 96.3 Å². The summed E-state index contributed by atoms with van der Waals surface area (Å²) >= 11 is 0. The molecule has 6 heteroatoms. The van der Waals surface area contributed by atoms with Gasteiger partial charge in [-0.25, -0.2) is 0 Å². The molecule has 1 unspecified atom stereocenters. The van der Waals surface area contributed by atoms with E-state index in [2.05, 4.69) is 57.2 Å². The van der Waals surface area contributed by atoms with Crippen molar-refractivity contribution in [3.63, 3.8) is 0 Å². The summed E-state index contributed by atoms with van der Waals surface area (Å²) in [5, 5.41) is 0. The normalized spacial score (nSPS) is 12.2. The molecule has 0 heterocycles. The average Bonchev–Trinajstić information content (AvgIpc) is 3.49. The minimum Gasteiger partial charge on any atom is -0.462 e. The van der Waals surface area contributed by atoms with Gasteiger partial charge in [0.15, 0.2) is 6.10 Å². The van der Waals surface area contributed by atoms with Crippen LogP contribution in [0.15, 0.2) is 36.5 Å².